The zero-order chi connectivity index (χ0) is 21.9. The first-order chi connectivity index (χ1) is 14.2. The maximum Gasteiger partial charge on any atom is 0.328 e. The summed E-state index contributed by atoms with van der Waals surface area (Å²) in [7, 11) is -2.24. The smallest absolute Gasteiger partial charge is 0.328 e. The van der Waals surface area contributed by atoms with Crippen molar-refractivity contribution >= 4 is 38.5 Å². The van der Waals surface area contributed by atoms with Gasteiger partial charge in [0.2, 0.25) is 10.0 Å². The molecule has 3 N–H and O–H groups in total. The summed E-state index contributed by atoms with van der Waals surface area (Å²) in [4.78, 5) is 28.2. The molecule has 0 aliphatic carbocycles. The van der Waals surface area contributed by atoms with Crippen LogP contribution in [-0.4, -0.2) is 44.7 Å². The summed E-state index contributed by atoms with van der Waals surface area (Å²) in [6, 6.07) is 11.4. The predicted octanol–water partition coefficient (Wildman–Crippen LogP) is 2.36. The second-order valence-electron chi connectivity index (χ2n) is 7.02. The second kappa shape index (κ2) is 8.58. The number of aromatic nitrogens is 1. The van der Waals surface area contributed by atoms with Crippen LogP contribution >= 0.6 is 0 Å². The van der Waals surface area contributed by atoms with E-state index in [1.165, 1.54) is 13.2 Å². The fourth-order valence-electron chi connectivity index (χ4n) is 3.17. The summed E-state index contributed by atoms with van der Waals surface area (Å²) in [6.45, 7) is 1.73. The summed E-state index contributed by atoms with van der Waals surface area (Å²) < 4.78 is 30.3. The molecule has 0 spiro atoms. The zero-order valence-corrected chi connectivity index (χ0v) is 17.7. The summed E-state index contributed by atoms with van der Waals surface area (Å²) in [6.07, 6.45) is 3.07. The van der Waals surface area contributed by atoms with E-state index in [0.29, 0.717) is 11.3 Å². The number of amides is 1. The Morgan fingerprint density at radius 2 is 1.90 bits per heavy atom. The first-order valence-electron chi connectivity index (χ1n) is 9.20. The standard InChI is InChI=1S/C21H23N3O5S/c1-13-8-9-14(10-18(13)24-30(3,27)28)20(25)23-19(21(26)29-2)11-15-12-22-17-7-5-4-6-16(15)17/h4-10,12,19,22,24H,11H2,1-3H3,(H,23,25)/t19-/m1/s1. The van der Waals surface area contributed by atoms with Gasteiger partial charge < -0.3 is 15.0 Å². The van der Waals surface area contributed by atoms with Crippen molar-refractivity contribution in [2.24, 2.45) is 0 Å². The van der Waals surface area contributed by atoms with Gasteiger partial charge in [-0.15, -0.1) is 0 Å². The van der Waals surface area contributed by atoms with Crippen LogP contribution in [0.15, 0.2) is 48.7 Å². The molecule has 0 saturated heterocycles. The monoisotopic (exact) mass is 429 g/mol. The van der Waals surface area contributed by atoms with Crippen molar-refractivity contribution < 1.29 is 22.7 Å². The Morgan fingerprint density at radius 3 is 2.60 bits per heavy atom. The average Bonchev–Trinajstić information content (AvgIpc) is 3.10. The van der Waals surface area contributed by atoms with E-state index in [1.807, 2.05) is 24.3 Å². The molecular formula is C21H23N3O5S. The SMILES string of the molecule is COC(=O)[C@@H](Cc1c[nH]c2ccccc12)NC(=O)c1ccc(C)c(NS(C)(=O)=O)c1. The average molecular weight is 429 g/mol. The Hall–Kier alpha value is -3.33. The number of H-pyrrole nitrogens is 1. The lowest BCUT2D eigenvalue weighted by molar-refractivity contribution is -0.142. The first kappa shape index (κ1) is 21.4. The van der Waals surface area contributed by atoms with Crippen molar-refractivity contribution in [2.45, 2.75) is 19.4 Å². The highest BCUT2D eigenvalue weighted by molar-refractivity contribution is 7.92. The van der Waals surface area contributed by atoms with Crippen LogP contribution in [0, 0.1) is 6.92 Å². The van der Waals surface area contributed by atoms with Crippen LogP contribution in [0.5, 0.6) is 0 Å². The Morgan fingerprint density at radius 1 is 1.17 bits per heavy atom. The fraction of sp³-hybridized carbons (Fsp3) is 0.238. The molecule has 0 saturated carbocycles. The first-order valence-corrected chi connectivity index (χ1v) is 11.1. The van der Waals surface area contributed by atoms with Crippen LogP contribution in [0.4, 0.5) is 5.69 Å². The van der Waals surface area contributed by atoms with Gasteiger partial charge in [0.25, 0.3) is 5.91 Å². The zero-order valence-electron chi connectivity index (χ0n) is 16.9. The van der Waals surface area contributed by atoms with E-state index < -0.39 is 27.9 Å². The van der Waals surface area contributed by atoms with E-state index in [-0.39, 0.29) is 12.0 Å². The van der Waals surface area contributed by atoms with E-state index in [0.717, 1.165) is 22.7 Å². The quantitative estimate of drug-likeness (QED) is 0.499. The van der Waals surface area contributed by atoms with Crippen molar-refractivity contribution in [2.75, 3.05) is 18.1 Å². The maximum atomic E-state index is 12.8. The Kier molecular flexibility index (Phi) is 6.12. The molecule has 2 aromatic carbocycles. The number of benzene rings is 2. The molecule has 0 aliphatic rings. The number of esters is 1. The molecule has 0 radical (unpaired) electrons. The van der Waals surface area contributed by atoms with Crippen LogP contribution in [0.2, 0.25) is 0 Å². The number of methoxy groups -OCH3 is 1. The van der Waals surface area contributed by atoms with Gasteiger partial charge in [-0.25, -0.2) is 13.2 Å². The van der Waals surface area contributed by atoms with Crippen LogP contribution in [0.25, 0.3) is 10.9 Å². The summed E-state index contributed by atoms with van der Waals surface area (Å²) >= 11 is 0. The fourth-order valence-corrected chi connectivity index (χ4v) is 3.79. The Labute approximate surface area is 174 Å². The lowest BCUT2D eigenvalue weighted by atomic mass is 10.0. The lowest BCUT2D eigenvalue weighted by Crippen LogP contribution is -2.43. The summed E-state index contributed by atoms with van der Waals surface area (Å²) in [5.74, 6) is -1.09. The van der Waals surface area contributed by atoms with Crippen LogP contribution in [0.3, 0.4) is 0 Å². The number of sulfonamides is 1. The number of rotatable bonds is 7. The Balaban J connectivity index is 1.84. The molecule has 0 bridgehead atoms. The van der Waals surface area contributed by atoms with Crippen LogP contribution < -0.4 is 10.0 Å². The number of para-hydroxylation sites is 1. The third-order valence-electron chi connectivity index (χ3n) is 4.69. The molecule has 3 rings (SSSR count). The number of fused-ring (bicyclic) bond motifs is 1. The van der Waals surface area contributed by atoms with Crippen LogP contribution in [0.1, 0.15) is 21.5 Å². The second-order valence-corrected chi connectivity index (χ2v) is 8.77. The van der Waals surface area contributed by atoms with Crippen molar-refractivity contribution in [3.8, 4) is 0 Å². The van der Waals surface area contributed by atoms with Crippen molar-refractivity contribution in [3.05, 3.63) is 65.4 Å². The van der Waals surface area contributed by atoms with E-state index in [4.69, 9.17) is 4.74 Å². The van der Waals surface area contributed by atoms with Gasteiger partial charge in [0.05, 0.1) is 19.1 Å². The van der Waals surface area contributed by atoms with Gasteiger partial charge in [0.15, 0.2) is 0 Å². The van der Waals surface area contributed by atoms with Crippen LogP contribution in [-0.2, 0) is 26.0 Å². The molecule has 1 amide bonds. The lowest BCUT2D eigenvalue weighted by Gasteiger charge is -2.17. The summed E-state index contributed by atoms with van der Waals surface area (Å²) in [5, 5.41) is 3.65. The highest BCUT2D eigenvalue weighted by atomic mass is 32.2. The van der Waals surface area contributed by atoms with Gasteiger partial charge in [-0.05, 0) is 36.2 Å². The molecule has 1 heterocycles. The van der Waals surface area contributed by atoms with E-state index in [1.54, 1.807) is 25.3 Å². The van der Waals surface area contributed by atoms with Crippen molar-refractivity contribution in [3.63, 3.8) is 0 Å². The molecule has 0 aliphatic heterocycles. The molecule has 8 nitrogen and oxygen atoms in total. The molecule has 3 aromatic rings. The van der Waals surface area contributed by atoms with Gasteiger partial charge in [-0.3, -0.25) is 9.52 Å². The number of aryl methyl sites for hydroxylation is 1. The number of ether oxygens (including phenoxy) is 1. The maximum absolute atomic E-state index is 12.8. The highest BCUT2D eigenvalue weighted by Gasteiger charge is 2.24. The largest absolute Gasteiger partial charge is 0.467 e. The number of hydrogen-bond donors (Lipinski definition) is 3. The van der Waals surface area contributed by atoms with Gasteiger partial charge in [-0.2, -0.15) is 0 Å². The van der Waals surface area contributed by atoms with Gasteiger partial charge in [0, 0.05) is 29.1 Å². The van der Waals surface area contributed by atoms with E-state index in [9.17, 15) is 18.0 Å². The van der Waals surface area contributed by atoms with E-state index in [2.05, 4.69) is 15.0 Å². The molecule has 9 heteroatoms. The predicted molar refractivity (Wildman–Crippen MR) is 115 cm³/mol. The van der Waals surface area contributed by atoms with E-state index >= 15 is 0 Å². The van der Waals surface area contributed by atoms with Gasteiger partial charge in [0.1, 0.15) is 6.04 Å². The topological polar surface area (TPSA) is 117 Å². The van der Waals surface area contributed by atoms with Gasteiger partial charge >= 0.3 is 5.97 Å². The summed E-state index contributed by atoms with van der Waals surface area (Å²) in [5.41, 5.74) is 2.98. The van der Waals surface area contributed by atoms with Crippen molar-refractivity contribution in [1.29, 1.82) is 0 Å². The normalized spacial score (nSPS) is 12.4. The minimum atomic E-state index is -3.50. The molecule has 0 fully saturated rings. The Bertz CT molecular complexity index is 1200. The molecule has 30 heavy (non-hydrogen) atoms. The third-order valence-corrected chi connectivity index (χ3v) is 5.28. The molecular weight excluding hydrogens is 406 g/mol. The number of nitrogens with one attached hydrogen (secondary N) is 3. The molecule has 0 unspecified atom stereocenters. The van der Waals surface area contributed by atoms with Gasteiger partial charge in [-0.1, -0.05) is 24.3 Å². The number of carbonyl (C=O) groups excluding carboxylic acids is 2. The molecule has 1 atom stereocenters. The van der Waals surface area contributed by atoms with Crippen molar-refractivity contribution in [1.82, 2.24) is 10.3 Å². The number of hydrogen-bond acceptors (Lipinski definition) is 5. The molecule has 158 valence electrons. The third kappa shape index (κ3) is 4.98. The minimum Gasteiger partial charge on any atom is -0.467 e. The number of carbonyl (C=O) groups is 2. The molecule has 1 aromatic heterocycles. The number of aromatic amines is 1. The highest BCUT2D eigenvalue weighted by Crippen LogP contribution is 2.21. The minimum absolute atomic E-state index is 0.222. The number of anilines is 1.